The zero-order valence-electron chi connectivity index (χ0n) is 14.1. The molecule has 0 saturated heterocycles. The summed E-state index contributed by atoms with van der Waals surface area (Å²) in [5.74, 6) is 0.132. The van der Waals surface area contributed by atoms with Gasteiger partial charge in [-0.2, -0.15) is 5.10 Å². The lowest BCUT2D eigenvalue weighted by Crippen LogP contribution is -2.31. The number of hydrogen-bond acceptors (Lipinski definition) is 2. The fourth-order valence-electron chi connectivity index (χ4n) is 2.41. The van der Waals surface area contributed by atoms with E-state index in [1.54, 1.807) is 0 Å². The number of hydrogen-bond donors (Lipinski definition) is 1. The molecular weight excluding hydrogens is 274 g/mol. The highest BCUT2D eigenvalue weighted by molar-refractivity contribution is 5.78. The smallest absolute Gasteiger partial charge is 0.223 e. The van der Waals surface area contributed by atoms with E-state index in [1.807, 2.05) is 38.6 Å². The average Bonchev–Trinajstić information content (AvgIpc) is 2.89. The van der Waals surface area contributed by atoms with Crippen molar-refractivity contribution >= 4 is 5.91 Å². The second-order valence-electron chi connectivity index (χ2n) is 5.97. The van der Waals surface area contributed by atoms with Crippen LogP contribution in [0, 0.1) is 19.8 Å². The first-order valence-corrected chi connectivity index (χ1v) is 7.86. The minimum atomic E-state index is -0.0410. The van der Waals surface area contributed by atoms with Gasteiger partial charge >= 0.3 is 0 Å². The standard InChI is InChI=1S/C18H25N3O/c1-6-13(3)18(22)20-14(4)17-11-19-21(15(17)5)16-9-7-12(2)8-10-16/h7-11,13-14H,6H2,1-5H3,(H,20,22)/t13-,14+/m0/s1. The number of carbonyl (C=O) groups is 1. The molecule has 0 aliphatic heterocycles. The largest absolute Gasteiger partial charge is 0.349 e. The highest BCUT2D eigenvalue weighted by Crippen LogP contribution is 2.21. The van der Waals surface area contributed by atoms with E-state index in [-0.39, 0.29) is 17.9 Å². The minimum Gasteiger partial charge on any atom is -0.349 e. The van der Waals surface area contributed by atoms with Crippen LogP contribution in [0.5, 0.6) is 0 Å². The van der Waals surface area contributed by atoms with Gasteiger partial charge < -0.3 is 5.32 Å². The van der Waals surface area contributed by atoms with E-state index in [4.69, 9.17) is 0 Å². The molecule has 4 heteroatoms. The fourth-order valence-corrected chi connectivity index (χ4v) is 2.41. The molecule has 4 nitrogen and oxygen atoms in total. The molecule has 1 amide bonds. The minimum absolute atomic E-state index is 0.0369. The number of nitrogens with one attached hydrogen (secondary N) is 1. The number of rotatable bonds is 5. The van der Waals surface area contributed by atoms with E-state index >= 15 is 0 Å². The first-order valence-electron chi connectivity index (χ1n) is 7.86. The van der Waals surface area contributed by atoms with E-state index < -0.39 is 0 Å². The molecule has 0 aliphatic carbocycles. The van der Waals surface area contributed by atoms with Gasteiger partial charge in [-0.25, -0.2) is 4.68 Å². The summed E-state index contributed by atoms with van der Waals surface area (Å²) in [6.45, 7) is 10.1. The molecular formula is C18H25N3O. The van der Waals surface area contributed by atoms with Crippen molar-refractivity contribution < 1.29 is 4.79 Å². The topological polar surface area (TPSA) is 46.9 Å². The van der Waals surface area contributed by atoms with Crippen molar-refractivity contribution in [2.24, 2.45) is 5.92 Å². The van der Waals surface area contributed by atoms with Crippen LogP contribution in [0.1, 0.15) is 50.1 Å². The molecule has 1 aromatic heterocycles. The van der Waals surface area contributed by atoms with Crippen molar-refractivity contribution in [3.8, 4) is 5.69 Å². The molecule has 1 aromatic carbocycles. The van der Waals surface area contributed by atoms with Crippen LogP contribution in [0.3, 0.4) is 0 Å². The summed E-state index contributed by atoms with van der Waals surface area (Å²) in [5, 5.41) is 7.54. The zero-order valence-corrected chi connectivity index (χ0v) is 14.1. The number of aryl methyl sites for hydroxylation is 1. The van der Waals surface area contributed by atoms with E-state index in [0.717, 1.165) is 23.4 Å². The predicted molar refractivity (Wildman–Crippen MR) is 89.1 cm³/mol. The van der Waals surface area contributed by atoms with Crippen molar-refractivity contribution in [2.45, 2.75) is 47.1 Å². The van der Waals surface area contributed by atoms with Crippen LogP contribution in [0.2, 0.25) is 0 Å². The molecule has 0 radical (unpaired) electrons. The third kappa shape index (κ3) is 3.38. The van der Waals surface area contributed by atoms with Gasteiger partial charge in [-0.1, -0.05) is 31.5 Å². The quantitative estimate of drug-likeness (QED) is 0.914. The van der Waals surface area contributed by atoms with Crippen molar-refractivity contribution in [1.82, 2.24) is 15.1 Å². The van der Waals surface area contributed by atoms with Crippen molar-refractivity contribution in [1.29, 1.82) is 0 Å². The summed E-state index contributed by atoms with van der Waals surface area (Å²) in [7, 11) is 0. The fraction of sp³-hybridized carbons (Fsp3) is 0.444. The van der Waals surface area contributed by atoms with Crippen LogP contribution in [0.4, 0.5) is 0 Å². The van der Waals surface area contributed by atoms with Gasteiger partial charge in [-0.05, 0) is 39.3 Å². The summed E-state index contributed by atoms with van der Waals surface area (Å²) in [4.78, 5) is 12.0. The van der Waals surface area contributed by atoms with Gasteiger partial charge in [0.25, 0.3) is 0 Å². The van der Waals surface area contributed by atoms with Gasteiger partial charge in [-0.3, -0.25) is 4.79 Å². The Hall–Kier alpha value is -2.10. The summed E-state index contributed by atoms with van der Waals surface area (Å²) in [5.41, 5.74) is 4.37. The Morgan fingerprint density at radius 3 is 2.45 bits per heavy atom. The van der Waals surface area contributed by atoms with E-state index in [9.17, 15) is 4.79 Å². The van der Waals surface area contributed by atoms with Gasteiger partial charge in [0, 0.05) is 17.2 Å². The molecule has 2 aromatic rings. The molecule has 2 rings (SSSR count). The lowest BCUT2D eigenvalue weighted by Gasteiger charge is -2.17. The second kappa shape index (κ2) is 6.77. The highest BCUT2D eigenvalue weighted by Gasteiger charge is 2.18. The van der Waals surface area contributed by atoms with Crippen LogP contribution in [-0.2, 0) is 4.79 Å². The molecule has 1 heterocycles. The second-order valence-corrected chi connectivity index (χ2v) is 5.97. The normalized spacial score (nSPS) is 13.7. The Bertz CT molecular complexity index is 643. The molecule has 2 atom stereocenters. The van der Waals surface area contributed by atoms with E-state index in [2.05, 4.69) is 41.6 Å². The Balaban J connectivity index is 2.20. The van der Waals surface area contributed by atoms with Gasteiger partial charge in [0.05, 0.1) is 17.9 Å². The van der Waals surface area contributed by atoms with Crippen LogP contribution >= 0.6 is 0 Å². The summed E-state index contributed by atoms with van der Waals surface area (Å²) >= 11 is 0. The summed E-state index contributed by atoms with van der Waals surface area (Å²) in [6, 6.07) is 8.22. The van der Waals surface area contributed by atoms with Crippen molar-refractivity contribution in [3.63, 3.8) is 0 Å². The Morgan fingerprint density at radius 1 is 1.23 bits per heavy atom. The van der Waals surface area contributed by atoms with Crippen LogP contribution < -0.4 is 5.32 Å². The average molecular weight is 299 g/mol. The number of benzene rings is 1. The third-order valence-electron chi connectivity index (χ3n) is 4.21. The Morgan fingerprint density at radius 2 is 1.86 bits per heavy atom. The van der Waals surface area contributed by atoms with Crippen LogP contribution in [0.15, 0.2) is 30.5 Å². The first-order chi connectivity index (χ1) is 10.4. The van der Waals surface area contributed by atoms with Gasteiger partial charge in [0.2, 0.25) is 5.91 Å². The molecule has 1 N–H and O–H groups in total. The number of carbonyl (C=O) groups excluding carboxylic acids is 1. The first kappa shape index (κ1) is 16.3. The predicted octanol–water partition coefficient (Wildman–Crippen LogP) is 3.71. The molecule has 0 saturated carbocycles. The van der Waals surface area contributed by atoms with Crippen molar-refractivity contribution in [2.75, 3.05) is 0 Å². The van der Waals surface area contributed by atoms with Gasteiger partial charge in [0.15, 0.2) is 0 Å². The van der Waals surface area contributed by atoms with Crippen LogP contribution in [-0.4, -0.2) is 15.7 Å². The number of nitrogens with zero attached hydrogens (tertiary/aromatic N) is 2. The monoisotopic (exact) mass is 299 g/mol. The molecule has 0 aliphatic rings. The summed E-state index contributed by atoms with van der Waals surface area (Å²) in [6.07, 6.45) is 2.69. The van der Waals surface area contributed by atoms with Gasteiger partial charge in [-0.15, -0.1) is 0 Å². The molecule has 0 bridgehead atoms. The SMILES string of the molecule is CC[C@H](C)C(=O)N[C@H](C)c1cnn(-c2ccc(C)cc2)c1C. The maximum Gasteiger partial charge on any atom is 0.223 e. The highest BCUT2D eigenvalue weighted by atomic mass is 16.1. The molecule has 118 valence electrons. The Kier molecular flexibility index (Phi) is 5.01. The maximum atomic E-state index is 12.0. The zero-order chi connectivity index (χ0) is 16.3. The maximum absolute atomic E-state index is 12.0. The molecule has 0 fully saturated rings. The van der Waals surface area contributed by atoms with Gasteiger partial charge in [0.1, 0.15) is 0 Å². The number of amides is 1. The molecule has 22 heavy (non-hydrogen) atoms. The Labute approximate surface area is 132 Å². The van der Waals surface area contributed by atoms with E-state index in [0.29, 0.717) is 0 Å². The number of aromatic nitrogens is 2. The van der Waals surface area contributed by atoms with Crippen molar-refractivity contribution in [3.05, 3.63) is 47.3 Å². The lowest BCUT2D eigenvalue weighted by atomic mass is 10.1. The summed E-state index contributed by atoms with van der Waals surface area (Å²) < 4.78 is 1.92. The molecule has 0 unspecified atom stereocenters. The van der Waals surface area contributed by atoms with E-state index in [1.165, 1.54) is 5.56 Å². The third-order valence-corrected chi connectivity index (χ3v) is 4.21. The molecule has 0 spiro atoms. The lowest BCUT2D eigenvalue weighted by molar-refractivity contribution is -0.125. The van der Waals surface area contributed by atoms with Crippen LogP contribution in [0.25, 0.3) is 5.69 Å².